The third-order valence-electron chi connectivity index (χ3n) is 3.34. The van der Waals surface area contributed by atoms with Gasteiger partial charge in [-0.05, 0) is 12.8 Å². The smallest absolute Gasteiger partial charge is 0.266 e. The lowest BCUT2D eigenvalue weighted by Gasteiger charge is -2.11. The summed E-state index contributed by atoms with van der Waals surface area (Å²) in [5.74, 6) is 0.236. The van der Waals surface area contributed by atoms with Crippen molar-refractivity contribution in [2.75, 3.05) is 6.54 Å². The predicted octanol–water partition coefficient (Wildman–Crippen LogP) is 1.35. The molecule has 0 saturated heterocycles. The first-order valence-corrected chi connectivity index (χ1v) is 5.74. The highest BCUT2D eigenvalue weighted by atomic mass is 16.1. The van der Waals surface area contributed by atoms with Gasteiger partial charge in [0.2, 0.25) is 0 Å². The first-order chi connectivity index (χ1) is 7.22. The number of aromatic amines is 1. The standard InChI is InChI=1S/C11H19N3O/c1-8(7-12)10-6-11(15)14(13-10)9-4-2-3-5-9/h6,8-9,13H,2-5,7,12H2,1H3. The van der Waals surface area contributed by atoms with Gasteiger partial charge < -0.3 is 5.73 Å². The second kappa shape index (κ2) is 4.23. The van der Waals surface area contributed by atoms with E-state index in [1.54, 1.807) is 10.7 Å². The largest absolute Gasteiger partial charge is 0.330 e. The van der Waals surface area contributed by atoms with Crippen LogP contribution in [-0.2, 0) is 0 Å². The van der Waals surface area contributed by atoms with Crippen LogP contribution in [-0.4, -0.2) is 16.3 Å². The van der Waals surface area contributed by atoms with Crippen LogP contribution in [0.3, 0.4) is 0 Å². The van der Waals surface area contributed by atoms with Crippen molar-refractivity contribution in [1.29, 1.82) is 0 Å². The van der Waals surface area contributed by atoms with Crippen LogP contribution in [0.5, 0.6) is 0 Å². The minimum Gasteiger partial charge on any atom is -0.330 e. The van der Waals surface area contributed by atoms with Gasteiger partial charge in [-0.1, -0.05) is 19.8 Å². The molecule has 1 aliphatic rings. The van der Waals surface area contributed by atoms with Crippen molar-refractivity contribution in [3.8, 4) is 0 Å². The molecule has 1 aliphatic carbocycles. The van der Waals surface area contributed by atoms with E-state index in [9.17, 15) is 4.79 Å². The van der Waals surface area contributed by atoms with Crippen molar-refractivity contribution in [1.82, 2.24) is 9.78 Å². The van der Waals surface area contributed by atoms with Gasteiger partial charge >= 0.3 is 0 Å². The summed E-state index contributed by atoms with van der Waals surface area (Å²) >= 11 is 0. The maximum Gasteiger partial charge on any atom is 0.266 e. The van der Waals surface area contributed by atoms with E-state index in [2.05, 4.69) is 5.10 Å². The molecule has 84 valence electrons. The van der Waals surface area contributed by atoms with Crippen LogP contribution in [0.2, 0.25) is 0 Å². The summed E-state index contributed by atoms with van der Waals surface area (Å²) in [5.41, 5.74) is 6.65. The minimum absolute atomic E-state index is 0.0946. The van der Waals surface area contributed by atoms with Crippen LogP contribution in [0.1, 0.15) is 50.3 Å². The highest BCUT2D eigenvalue weighted by Gasteiger charge is 2.20. The second-order valence-corrected chi connectivity index (χ2v) is 4.49. The van der Waals surface area contributed by atoms with Crippen molar-refractivity contribution in [2.45, 2.75) is 44.6 Å². The molecule has 0 spiro atoms. The Hall–Kier alpha value is -1.03. The van der Waals surface area contributed by atoms with Gasteiger partial charge in [0, 0.05) is 24.2 Å². The molecule has 1 atom stereocenters. The van der Waals surface area contributed by atoms with E-state index in [0.717, 1.165) is 18.5 Å². The molecule has 1 fully saturated rings. The van der Waals surface area contributed by atoms with Crippen molar-refractivity contribution in [3.05, 3.63) is 22.1 Å². The number of nitrogens with one attached hydrogen (secondary N) is 1. The quantitative estimate of drug-likeness (QED) is 0.789. The number of nitrogens with two attached hydrogens (primary N) is 1. The average molecular weight is 209 g/mol. The molecule has 4 nitrogen and oxygen atoms in total. The van der Waals surface area contributed by atoms with E-state index in [0.29, 0.717) is 12.6 Å². The Morgan fingerprint density at radius 2 is 2.27 bits per heavy atom. The first kappa shape index (κ1) is 10.5. The number of nitrogens with zero attached hydrogens (tertiary/aromatic N) is 1. The summed E-state index contributed by atoms with van der Waals surface area (Å²) in [6, 6.07) is 2.08. The zero-order chi connectivity index (χ0) is 10.8. The van der Waals surface area contributed by atoms with Gasteiger partial charge in [-0.15, -0.1) is 0 Å². The lowest BCUT2D eigenvalue weighted by Crippen LogP contribution is -2.20. The lowest BCUT2D eigenvalue weighted by molar-refractivity contribution is 0.448. The summed E-state index contributed by atoms with van der Waals surface area (Å²) in [4.78, 5) is 11.7. The van der Waals surface area contributed by atoms with Gasteiger partial charge in [0.05, 0.1) is 6.04 Å². The van der Waals surface area contributed by atoms with Gasteiger partial charge in [0.1, 0.15) is 0 Å². The van der Waals surface area contributed by atoms with E-state index in [1.165, 1.54) is 12.8 Å². The van der Waals surface area contributed by atoms with E-state index in [4.69, 9.17) is 5.73 Å². The molecule has 1 aromatic heterocycles. The second-order valence-electron chi connectivity index (χ2n) is 4.49. The van der Waals surface area contributed by atoms with Gasteiger partial charge in [0.25, 0.3) is 5.56 Å². The molecule has 0 aromatic carbocycles. The summed E-state index contributed by atoms with van der Waals surface area (Å²) in [6.45, 7) is 2.61. The fourth-order valence-corrected chi connectivity index (χ4v) is 2.24. The van der Waals surface area contributed by atoms with Crippen LogP contribution in [0, 0.1) is 0 Å². The fourth-order valence-electron chi connectivity index (χ4n) is 2.24. The lowest BCUT2D eigenvalue weighted by atomic mass is 10.1. The highest BCUT2D eigenvalue weighted by Crippen LogP contribution is 2.27. The van der Waals surface area contributed by atoms with Crippen LogP contribution in [0.15, 0.2) is 10.9 Å². The normalized spacial score (nSPS) is 19.6. The molecule has 1 unspecified atom stereocenters. The molecule has 2 rings (SSSR count). The molecule has 0 aliphatic heterocycles. The predicted molar refractivity (Wildman–Crippen MR) is 60.0 cm³/mol. The number of hydrogen-bond donors (Lipinski definition) is 2. The molecule has 3 N–H and O–H groups in total. The fraction of sp³-hybridized carbons (Fsp3) is 0.727. The molecule has 1 saturated carbocycles. The Morgan fingerprint density at radius 3 is 2.87 bits per heavy atom. The maximum atomic E-state index is 11.7. The van der Waals surface area contributed by atoms with E-state index in [1.807, 2.05) is 6.92 Å². The molecule has 15 heavy (non-hydrogen) atoms. The zero-order valence-corrected chi connectivity index (χ0v) is 9.20. The topological polar surface area (TPSA) is 63.8 Å². The average Bonchev–Trinajstić information content (AvgIpc) is 2.84. The summed E-state index contributed by atoms with van der Waals surface area (Å²) in [6.07, 6.45) is 4.71. The summed E-state index contributed by atoms with van der Waals surface area (Å²) in [7, 11) is 0. The van der Waals surface area contributed by atoms with E-state index < -0.39 is 0 Å². The van der Waals surface area contributed by atoms with Crippen LogP contribution in [0.25, 0.3) is 0 Å². The van der Waals surface area contributed by atoms with Gasteiger partial charge in [-0.3, -0.25) is 9.89 Å². The molecule has 4 heteroatoms. The SMILES string of the molecule is CC(CN)c1cc(=O)n(C2CCCC2)[nH]1. The summed E-state index contributed by atoms with van der Waals surface area (Å²) in [5, 5.41) is 3.20. The number of rotatable bonds is 3. The molecule has 1 aromatic rings. The summed E-state index contributed by atoms with van der Waals surface area (Å²) < 4.78 is 1.79. The molecule has 0 bridgehead atoms. The van der Waals surface area contributed by atoms with Gasteiger partial charge in [-0.25, -0.2) is 4.68 Å². The molecule has 1 heterocycles. The maximum absolute atomic E-state index is 11.7. The van der Waals surface area contributed by atoms with Crippen LogP contribution < -0.4 is 11.3 Å². The Balaban J connectivity index is 2.24. The third-order valence-corrected chi connectivity index (χ3v) is 3.34. The molecule has 0 radical (unpaired) electrons. The van der Waals surface area contributed by atoms with Crippen molar-refractivity contribution < 1.29 is 0 Å². The van der Waals surface area contributed by atoms with Crippen molar-refractivity contribution in [2.24, 2.45) is 5.73 Å². The Morgan fingerprint density at radius 1 is 1.60 bits per heavy atom. The highest BCUT2D eigenvalue weighted by molar-refractivity contribution is 5.06. The number of aromatic nitrogens is 2. The van der Waals surface area contributed by atoms with Gasteiger partial charge in [0.15, 0.2) is 0 Å². The molecule has 0 amide bonds. The monoisotopic (exact) mass is 209 g/mol. The number of H-pyrrole nitrogens is 1. The van der Waals surface area contributed by atoms with Crippen LogP contribution >= 0.6 is 0 Å². The Bertz CT molecular complexity index is 373. The van der Waals surface area contributed by atoms with E-state index in [-0.39, 0.29) is 11.5 Å². The molecular weight excluding hydrogens is 190 g/mol. The first-order valence-electron chi connectivity index (χ1n) is 5.74. The molecular formula is C11H19N3O. The third kappa shape index (κ3) is 2.00. The van der Waals surface area contributed by atoms with Crippen LogP contribution in [0.4, 0.5) is 0 Å². The Labute approximate surface area is 89.5 Å². The van der Waals surface area contributed by atoms with Gasteiger partial charge in [-0.2, -0.15) is 0 Å². The van der Waals surface area contributed by atoms with E-state index >= 15 is 0 Å². The Kier molecular flexibility index (Phi) is 2.95. The number of hydrogen-bond acceptors (Lipinski definition) is 2. The zero-order valence-electron chi connectivity index (χ0n) is 9.20. The minimum atomic E-state index is 0.0946. The van der Waals surface area contributed by atoms with Crippen molar-refractivity contribution in [3.63, 3.8) is 0 Å². The van der Waals surface area contributed by atoms with Crippen molar-refractivity contribution >= 4 is 0 Å².